The van der Waals surface area contributed by atoms with Crippen molar-refractivity contribution < 1.29 is 13.2 Å². The number of rotatable bonds is 7. The summed E-state index contributed by atoms with van der Waals surface area (Å²) in [6.45, 7) is 4.06. The van der Waals surface area contributed by atoms with Gasteiger partial charge in [-0.3, -0.25) is 4.79 Å². The van der Waals surface area contributed by atoms with E-state index in [1.807, 2.05) is 36.9 Å². The van der Waals surface area contributed by atoms with E-state index in [0.717, 1.165) is 35.5 Å². The van der Waals surface area contributed by atoms with E-state index in [9.17, 15) is 13.2 Å². The summed E-state index contributed by atoms with van der Waals surface area (Å²) in [6, 6.07) is 8.48. The van der Waals surface area contributed by atoms with Crippen LogP contribution in [0.25, 0.3) is 11.0 Å². The Morgan fingerprint density at radius 2 is 1.97 bits per heavy atom. The van der Waals surface area contributed by atoms with Crippen LogP contribution in [0.2, 0.25) is 0 Å². The predicted molar refractivity (Wildman–Crippen MR) is 126 cm³/mol. The summed E-state index contributed by atoms with van der Waals surface area (Å²) in [5.74, 6) is 0.581. The molecule has 0 N–H and O–H groups in total. The molecular weight excluding hydrogens is 430 g/mol. The Bertz CT molecular complexity index is 1030. The number of carbonyl (C=O) groups is 1. The minimum Gasteiger partial charge on any atom is -0.335 e. The average Bonchev–Trinajstić information content (AvgIpc) is 3.32. The molecule has 2 aromatic rings. The lowest BCUT2D eigenvalue weighted by Gasteiger charge is -2.33. The zero-order valence-electron chi connectivity index (χ0n) is 18.5. The predicted octanol–water partition coefficient (Wildman–Crippen LogP) is 4.45. The van der Waals surface area contributed by atoms with Gasteiger partial charge in [-0.15, -0.1) is 0 Å². The molecule has 2 fully saturated rings. The number of para-hydroxylation sites is 2. The quantitative estimate of drug-likeness (QED) is 0.567. The molecule has 0 unspecified atom stereocenters. The molecular formula is C23H33N3O3S2. The Hall–Kier alpha value is -1.54. The summed E-state index contributed by atoms with van der Waals surface area (Å²) in [7, 11) is -3.04. The van der Waals surface area contributed by atoms with Crippen molar-refractivity contribution in [3.05, 3.63) is 24.3 Å². The van der Waals surface area contributed by atoms with Gasteiger partial charge in [0.05, 0.1) is 28.3 Å². The van der Waals surface area contributed by atoms with Crippen molar-refractivity contribution in [2.75, 3.05) is 17.3 Å². The third kappa shape index (κ3) is 4.95. The highest BCUT2D eigenvalue weighted by Crippen LogP contribution is 2.36. The van der Waals surface area contributed by atoms with Crippen LogP contribution < -0.4 is 0 Å². The minimum absolute atomic E-state index is 0.0173. The van der Waals surface area contributed by atoms with E-state index in [1.54, 1.807) is 0 Å². The Balaban J connectivity index is 1.55. The third-order valence-corrected chi connectivity index (χ3v) is 9.47. The van der Waals surface area contributed by atoms with Crippen LogP contribution in [0, 0.1) is 0 Å². The number of amides is 1. The van der Waals surface area contributed by atoms with Crippen molar-refractivity contribution in [2.45, 2.75) is 82.1 Å². The van der Waals surface area contributed by atoms with E-state index >= 15 is 0 Å². The topological polar surface area (TPSA) is 72.3 Å². The lowest BCUT2D eigenvalue weighted by Crippen LogP contribution is -2.47. The summed E-state index contributed by atoms with van der Waals surface area (Å²) in [4.78, 5) is 20.0. The van der Waals surface area contributed by atoms with Gasteiger partial charge in [-0.1, -0.05) is 50.1 Å². The van der Waals surface area contributed by atoms with Crippen molar-refractivity contribution in [2.24, 2.45) is 0 Å². The molecule has 2 heterocycles. The van der Waals surface area contributed by atoms with Crippen LogP contribution in [0.5, 0.6) is 0 Å². The van der Waals surface area contributed by atoms with E-state index in [1.165, 1.54) is 31.0 Å². The highest BCUT2D eigenvalue weighted by Gasteiger charge is 2.36. The lowest BCUT2D eigenvalue weighted by molar-refractivity contribution is -0.132. The molecule has 2 atom stereocenters. The summed E-state index contributed by atoms with van der Waals surface area (Å²) >= 11 is 1.50. The molecule has 1 aromatic heterocycles. The first kappa shape index (κ1) is 22.6. The largest absolute Gasteiger partial charge is 0.335 e. The normalized spacial score (nSPS) is 22.6. The van der Waals surface area contributed by atoms with Crippen LogP contribution in [0.15, 0.2) is 29.4 Å². The fraction of sp³-hybridized carbons (Fsp3) is 0.652. The molecule has 0 bridgehead atoms. The molecule has 1 aliphatic heterocycles. The number of hydrogen-bond donors (Lipinski definition) is 0. The van der Waals surface area contributed by atoms with Gasteiger partial charge < -0.3 is 9.47 Å². The molecule has 1 saturated heterocycles. The average molecular weight is 464 g/mol. The number of sulfone groups is 1. The summed E-state index contributed by atoms with van der Waals surface area (Å²) in [5.41, 5.74) is 2.12. The van der Waals surface area contributed by atoms with Gasteiger partial charge in [-0.2, -0.15) is 0 Å². The maximum atomic E-state index is 13.3. The van der Waals surface area contributed by atoms with Crippen molar-refractivity contribution in [3.8, 4) is 0 Å². The fourth-order valence-corrected chi connectivity index (χ4v) is 7.68. The molecule has 1 aliphatic carbocycles. The van der Waals surface area contributed by atoms with Gasteiger partial charge in [0.2, 0.25) is 5.91 Å². The first-order chi connectivity index (χ1) is 14.9. The van der Waals surface area contributed by atoms with E-state index in [-0.39, 0.29) is 35.2 Å². The fourth-order valence-electron chi connectivity index (χ4n) is 5.02. The van der Waals surface area contributed by atoms with Gasteiger partial charge >= 0.3 is 0 Å². The number of aromatic nitrogens is 2. The number of nitrogens with zero attached hydrogens (tertiary/aromatic N) is 3. The molecule has 6 nitrogen and oxygen atoms in total. The molecule has 31 heavy (non-hydrogen) atoms. The second kappa shape index (κ2) is 9.53. The second-order valence-corrected chi connectivity index (χ2v) is 12.1. The highest BCUT2D eigenvalue weighted by atomic mass is 32.2. The van der Waals surface area contributed by atoms with E-state index in [2.05, 4.69) is 10.6 Å². The van der Waals surface area contributed by atoms with Crippen LogP contribution in [-0.2, 0) is 14.6 Å². The molecule has 8 heteroatoms. The second-order valence-electron chi connectivity index (χ2n) is 8.95. The van der Waals surface area contributed by atoms with Gasteiger partial charge in [0.25, 0.3) is 0 Å². The minimum atomic E-state index is -3.04. The monoisotopic (exact) mass is 463 g/mol. The number of hydrogen-bond acceptors (Lipinski definition) is 5. The number of imidazole rings is 1. The Morgan fingerprint density at radius 3 is 2.65 bits per heavy atom. The SMILES string of the molecule is CC[C@@H](C)N(C(=O)CSc1nc2ccccc2n1C1CCCCC1)[C@H]1CCS(=O)(=O)C1. The Labute approximate surface area is 189 Å². The van der Waals surface area contributed by atoms with Crippen LogP contribution in [-0.4, -0.2) is 58.1 Å². The lowest BCUT2D eigenvalue weighted by atomic mass is 9.95. The van der Waals surface area contributed by atoms with E-state index in [0.29, 0.717) is 12.5 Å². The van der Waals surface area contributed by atoms with E-state index in [4.69, 9.17) is 4.98 Å². The molecule has 1 saturated carbocycles. The van der Waals surface area contributed by atoms with Gasteiger partial charge in [0.1, 0.15) is 0 Å². The van der Waals surface area contributed by atoms with Crippen molar-refractivity contribution >= 4 is 38.5 Å². The van der Waals surface area contributed by atoms with Gasteiger partial charge in [-0.05, 0) is 44.7 Å². The molecule has 0 radical (unpaired) electrons. The highest BCUT2D eigenvalue weighted by molar-refractivity contribution is 7.99. The van der Waals surface area contributed by atoms with Gasteiger partial charge in [0.15, 0.2) is 15.0 Å². The molecule has 0 spiro atoms. The van der Waals surface area contributed by atoms with Crippen LogP contribution in [0.1, 0.15) is 64.8 Å². The van der Waals surface area contributed by atoms with Crippen molar-refractivity contribution in [3.63, 3.8) is 0 Å². The third-order valence-electron chi connectivity index (χ3n) is 6.78. The zero-order chi connectivity index (χ0) is 22.0. The Morgan fingerprint density at radius 1 is 1.23 bits per heavy atom. The molecule has 170 valence electrons. The van der Waals surface area contributed by atoms with Gasteiger partial charge in [0, 0.05) is 18.1 Å². The van der Waals surface area contributed by atoms with Crippen molar-refractivity contribution in [1.82, 2.24) is 14.5 Å². The van der Waals surface area contributed by atoms with E-state index < -0.39 is 9.84 Å². The standard InChI is InChI=1S/C23H33N3O3S2/c1-3-17(2)25(19-13-14-31(28,29)16-19)22(27)15-30-23-24-20-11-7-8-12-21(20)26(23)18-9-5-4-6-10-18/h7-8,11-12,17-19H,3-6,9-10,13-16H2,1-2H3/t17-,19+/m1/s1. The summed E-state index contributed by atoms with van der Waals surface area (Å²) in [6.07, 6.45) is 7.42. The molecule has 1 amide bonds. The van der Waals surface area contributed by atoms with Gasteiger partial charge in [-0.25, -0.2) is 13.4 Å². The number of thioether (sulfide) groups is 1. The molecule has 2 aliphatic rings. The first-order valence-corrected chi connectivity index (χ1v) is 14.3. The smallest absolute Gasteiger partial charge is 0.233 e. The zero-order valence-corrected chi connectivity index (χ0v) is 20.1. The molecule has 4 rings (SSSR count). The number of benzene rings is 1. The summed E-state index contributed by atoms with van der Waals surface area (Å²) < 4.78 is 26.4. The maximum absolute atomic E-state index is 13.3. The van der Waals surface area contributed by atoms with Crippen LogP contribution in [0.3, 0.4) is 0 Å². The number of carbonyl (C=O) groups excluding carboxylic acids is 1. The first-order valence-electron chi connectivity index (χ1n) is 11.5. The number of fused-ring (bicyclic) bond motifs is 1. The summed E-state index contributed by atoms with van der Waals surface area (Å²) in [5, 5.41) is 0.907. The molecule has 1 aromatic carbocycles. The van der Waals surface area contributed by atoms with Crippen LogP contribution >= 0.6 is 11.8 Å². The maximum Gasteiger partial charge on any atom is 0.233 e. The van der Waals surface area contributed by atoms with Crippen molar-refractivity contribution in [1.29, 1.82) is 0 Å². The van der Waals surface area contributed by atoms with Crippen LogP contribution in [0.4, 0.5) is 0 Å². The Kier molecular flexibility index (Phi) is 6.96.